The van der Waals surface area contributed by atoms with E-state index >= 15 is 0 Å². The van der Waals surface area contributed by atoms with Crippen LogP contribution in [0.2, 0.25) is 0 Å². The van der Waals surface area contributed by atoms with Gasteiger partial charge in [-0.3, -0.25) is 0 Å². The molecule has 1 N–H and O–H groups in total. The average Bonchev–Trinajstić information content (AvgIpc) is 2.60. The predicted octanol–water partition coefficient (Wildman–Crippen LogP) is 2.28. The zero-order valence-electron chi connectivity index (χ0n) is 11.1. The van der Waals surface area contributed by atoms with Crippen LogP contribution < -0.4 is 0 Å². The second-order valence-corrected chi connectivity index (χ2v) is 6.66. The molecule has 0 saturated carbocycles. The molecule has 0 aliphatic carbocycles. The highest BCUT2D eigenvalue weighted by Crippen LogP contribution is 2.29. The summed E-state index contributed by atoms with van der Waals surface area (Å²) in [4.78, 5) is 2.49. The summed E-state index contributed by atoms with van der Waals surface area (Å²) in [5, 5.41) is 9.58. The molecule has 0 aromatic heterocycles. The van der Waals surface area contributed by atoms with Gasteiger partial charge < -0.3 is 10.0 Å². The Morgan fingerprint density at radius 1 is 1.44 bits per heavy atom. The number of hydrogen-bond donors (Lipinski definition) is 2. The van der Waals surface area contributed by atoms with Gasteiger partial charge >= 0.3 is 0 Å². The van der Waals surface area contributed by atoms with Crippen LogP contribution in [0.1, 0.15) is 34.1 Å². The summed E-state index contributed by atoms with van der Waals surface area (Å²) in [5.74, 6) is 2.04. The number of nitrogens with zero attached hydrogens (tertiary/aromatic N) is 1. The van der Waals surface area contributed by atoms with E-state index in [1.54, 1.807) is 0 Å². The summed E-state index contributed by atoms with van der Waals surface area (Å²) in [7, 11) is 0. The van der Waals surface area contributed by atoms with Crippen molar-refractivity contribution in [1.29, 1.82) is 0 Å². The van der Waals surface area contributed by atoms with Gasteiger partial charge in [0.15, 0.2) is 0 Å². The summed E-state index contributed by atoms with van der Waals surface area (Å²) in [6.07, 6.45) is 0.982. The van der Waals surface area contributed by atoms with Crippen LogP contribution in [0.25, 0.3) is 0 Å². The molecule has 0 radical (unpaired) electrons. The maximum atomic E-state index is 9.58. The molecule has 16 heavy (non-hydrogen) atoms. The molecule has 0 spiro atoms. The summed E-state index contributed by atoms with van der Waals surface area (Å²) >= 11 is 4.47. The van der Waals surface area contributed by atoms with Crippen molar-refractivity contribution in [1.82, 2.24) is 4.90 Å². The zero-order valence-corrected chi connectivity index (χ0v) is 12.0. The molecule has 96 valence electrons. The highest BCUT2D eigenvalue weighted by Gasteiger charge is 2.30. The lowest BCUT2D eigenvalue weighted by atomic mass is 9.81. The molecule has 2 nitrogen and oxygen atoms in total. The second kappa shape index (κ2) is 5.74. The summed E-state index contributed by atoms with van der Waals surface area (Å²) in [6, 6.07) is 0. The van der Waals surface area contributed by atoms with Gasteiger partial charge in [0.25, 0.3) is 0 Å². The molecule has 3 heteroatoms. The molecule has 1 saturated heterocycles. The van der Waals surface area contributed by atoms with Gasteiger partial charge in [-0.05, 0) is 42.9 Å². The summed E-state index contributed by atoms with van der Waals surface area (Å²) < 4.78 is 0. The second-order valence-electron chi connectivity index (χ2n) is 6.29. The normalized spacial score (nSPS) is 27.0. The van der Waals surface area contributed by atoms with Crippen LogP contribution in [0.5, 0.6) is 0 Å². The molecule has 1 heterocycles. The number of thiol groups is 1. The fraction of sp³-hybridized carbons (Fsp3) is 1.00. The standard InChI is InChI=1S/C13H27NOS/c1-10(15)11-5-6-14(7-11)8-12(9-16)13(2,3)4/h10-12,15-16H,5-9H2,1-4H3. The third-order valence-electron chi connectivity index (χ3n) is 3.91. The van der Waals surface area contributed by atoms with Gasteiger partial charge in [0.2, 0.25) is 0 Å². The van der Waals surface area contributed by atoms with Gasteiger partial charge in [-0.15, -0.1) is 0 Å². The molecule has 0 aromatic carbocycles. The van der Waals surface area contributed by atoms with Crippen LogP contribution in [0.15, 0.2) is 0 Å². The third kappa shape index (κ3) is 3.94. The summed E-state index contributed by atoms with van der Waals surface area (Å²) in [5.41, 5.74) is 0.324. The quantitative estimate of drug-likeness (QED) is 0.742. The van der Waals surface area contributed by atoms with Gasteiger partial charge in [0.1, 0.15) is 0 Å². The predicted molar refractivity (Wildman–Crippen MR) is 73.0 cm³/mol. The van der Waals surface area contributed by atoms with Crippen molar-refractivity contribution < 1.29 is 5.11 Å². The van der Waals surface area contributed by atoms with Gasteiger partial charge in [0.05, 0.1) is 6.10 Å². The first-order valence-corrected chi connectivity index (χ1v) is 6.99. The number of likely N-dealkylation sites (tertiary alicyclic amines) is 1. The van der Waals surface area contributed by atoms with E-state index in [0.717, 1.165) is 31.8 Å². The molecule has 3 atom stereocenters. The minimum Gasteiger partial charge on any atom is -0.393 e. The van der Waals surface area contributed by atoms with E-state index in [2.05, 4.69) is 38.3 Å². The monoisotopic (exact) mass is 245 g/mol. The van der Waals surface area contributed by atoms with Crippen molar-refractivity contribution in [2.75, 3.05) is 25.4 Å². The van der Waals surface area contributed by atoms with Crippen molar-refractivity contribution in [3.05, 3.63) is 0 Å². The van der Waals surface area contributed by atoms with Gasteiger partial charge in [-0.2, -0.15) is 12.6 Å². The molecule has 0 bridgehead atoms. The van der Waals surface area contributed by atoms with E-state index in [0.29, 0.717) is 17.3 Å². The number of rotatable bonds is 4. The largest absolute Gasteiger partial charge is 0.393 e. The first-order valence-electron chi connectivity index (χ1n) is 6.36. The molecule has 0 aromatic rings. The molecule has 0 amide bonds. The highest BCUT2D eigenvalue weighted by atomic mass is 32.1. The van der Waals surface area contributed by atoms with Crippen LogP contribution in [-0.4, -0.2) is 41.5 Å². The van der Waals surface area contributed by atoms with Crippen molar-refractivity contribution in [2.45, 2.75) is 40.2 Å². The fourth-order valence-corrected chi connectivity index (χ4v) is 3.00. The highest BCUT2D eigenvalue weighted by molar-refractivity contribution is 7.80. The SMILES string of the molecule is CC(O)C1CCN(CC(CS)C(C)(C)C)C1. The van der Waals surface area contributed by atoms with Crippen LogP contribution in [-0.2, 0) is 0 Å². The number of aliphatic hydroxyl groups is 1. The molecular formula is C13H27NOS. The number of aliphatic hydroxyl groups excluding tert-OH is 1. The minimum atomic E-state index is -0.158. The van der Waals surface area contributed by atoms with E-state index in [1.807, 2.05) is 6.92 Å². The topological polar surface area (TPSA) is 23.5 Å². The Morgan fingerprint density at radius 3 is 2.44 bits per heavy atom. The van der Waals surface area contributed by atoms with Gasteiger partial charge in [0, 0.05) is 13.1 Å². The molecular weight excluding hydrogens is 218 g/mol. The van der Waals surface area contributed by atoms with Crippen LogP contribution in [0.4, 0.5) is 0 Å². The Kier molecular flexibility index (Phi) is 5.14. The van der Waals surface area contributed by atoms with Crippen molar-refractivity contribution >= 4 is 12.6 Å². The molecule has 1 aliphatic rings. The van der Waals surface area contributed by atoms with E-state index in [1.165, 1.54) is 0 Å². The summed E-state index contributed by atoms with van der Waals surface area (Å²) in [6.45, 7) is 12.1. The Bertz CT molecular complexity index is 212. The minimum absolute atomic E-state index is 0.158. The van der Waals surface area contributed by atoms with Crippen LogP contribution in [0, 0.1) is 17.3 Å². The lowest BCUT2D eigenvalue weighted by Gasteiger charge is -2.33. The maximum Gasteiger partial charge on any atom is 0.0552 e. The Labute approximate surface area is 106 Å². The number of hydrogen-bond acceptors (Lipinski definition) is 3. The Hall–Kier alpha value is 0.270. The lowest BCUT2D eigenvalue weighted by molar-refractivity contribution is 0.121. The van der Waals surface area contributed by atoms with Crippen LogP contribution in [0.3, 0.4) is 0 Å². The van der Waals surface area contributed by atoms with Gasteiger partial charge in [-0.25, -0.2) is 0 Å². The molecule has 3 unspecified atom stereocenters. The van der Waals surface area contributed by atoms with Crippen molar-refractivity contribution in [3.8, 4) is 0 Å². The lowest BCUT2D eigenvalue weighted by Crippen LogP contribution is -2.36. The third-order valence-corrected chi connectivity index (χ3v) is 4.36. The molecule has 1 fully saturated rings. The maximum absolute atomic E-state index is 9.58. The fourth-order valence-electron chi connectivity index (χ4n) is 2.34. The van der Waals surface area contributed by atoms with E-state index < -0.39 is 0 Å². The van der Waals surface area contributed by atoms with E-state index in [9.17, 15) is 5.11 Å². The zero-order chi connectivity index (χ0) is 12.3. The first kappa shape index (κ1) is 14.3. The first-order chi connectivity index (χ1) is 7.34. The van der Waals surface area contributed by atoms with Crippen molar-refractivity contribution in [2.24, 2.45) is 17.3 Å². The molecule has 1 rings (SSSR count). The van der Waals surface area contributed by atoms with E-state index in [-0.39, 0.29) is 6.10 Å². The Morgan fingerprint density at radius 2 is 2.06 bits per heavy atom. The van der Waals surface area contributed by atoms with E-state index in [4.69, 9.17) is 0 Å². The molecule has 1 aliphatic heterocycles. The Balaban J connectivity index is 2.44. The van der Waals surface area contributed by atoms with Crippen molar-refractivity contribution in [3.63, 3.8) is 0 Å². The van der Waals surface area contributed by atoms with Gasteiger partial charge in [-0.1, -0.05) is 20.8 Å². The van der Waals surface area contributed by atoms with Crippen LogP contribution >= 0.6 is 12.6 Å². The average molecular weight is 245 g/mol. The smallest absolute Gasteiger partial charge is 0.0552 e.